The number of nitrogens with one attached hydrogen (secondary N) is 1. The van der Waals surface area contributed by atoms with Gasteiger partial charge in [0.15, 0.2) is 0 Å². The average Bonchev–Trinajstić information content (AvgIpc) is 2.98. The van der Waals surface area contributed by atoms with Gasteiger partial charge in [-0.1, -0.05) is 31.4 Å². The molecule has 2 fully saturated rings. The summed E-state index contributed by atoms with van der Waals surface area (Å²) in [6.07, 6.45) is 6.65. The first-order chi connectivity index (χ1) is 11.6. The molecular formula is C20H28N2O2. The van der Waals surface area contributed by atoms with Crippen molar-refractivity contribution in [1.29, 1.82) is 0 Å². The lowest BCUT2D eigenvalue weighted by molar-refractivity contribution is -0.126. The van der Waals surface area contributed by atoms with Crippen LogP contribution in [0.1, 0.15) is 49.7 Å². The molecule has 0 bridgehead atoms. The van der Waals surface area contributed by atoms with Gasteiger partial charge in [-0.15, -0.1) is 0 Å². The smallest absolute Gasteiger partial charge is 0.227 e. The fraction of sp³-hybridized carbons (Fsp3) is 0.600. The molecule has 130 valence electrons. The summed E-state index contributed by atoms with van der Waals surface area (Å²) < 4.78 is 0. The van der Waals surface area contributed by atoms with Crippen molar-refractivity contribution >= 4 is 17.5 Å². The number of carbonyl (C=O) groups is 2. The number of hydrogen-bond acceptors (Lipinski definition) is 2. The largest absolute Gasteiger partial charge is 0.356 e. The van der Waals surface area contributed by atoms with Crippen molar-refractivity contribution in [3.05, 3.63) is 29.3 Å². The van der Waals surface area contributed by atoms with Crippen molar-refractivity contribution in [3.63, 3.8) is 0 Å². The Hall–Kier alpha value is -1.84. The first-order valence-electron chi connectivity index (χ1n) is 9.20. The van der Waals surface area contributed by atoms with E-state index in [0.717, 1.165) is 17.8 Å². The van der Waals surface area contributed by atoms with Crippen LogP contribution in [0.25, 0.3) is 0 Å². The van der Waals surface area contributed by atoms with Crippen LogP contribution in [0.4, 0.5) is 5.69 Å². The van der Waals surface area contributed by atoms with Crippen LogP contribution in [0.2, 0.25) is 0 Å². The topological polar surface area (TPSA) is 49.4 Å². The van der Waals surface area contributed by atoms with E-state index < -0.39 is 0 Å². The maximum absolute atomic E-state index is 12.5. The van der Waals surface area contributed by atoms with Crippen molar-refractivity contribution in [2.45, 2.75) is 52.4 Å². The van der Waals surface area contributed by atoms with Gasteiger partial charge >= 0.3 is 0 Å². The van der Waals surface area contributed by atoms with E-state index in [-0.39, 0.29) is 17.7 Å². The van der Waals surface area contributed by atoms with Crippen LogP contribution < -0.4 is 10.2 Å². The molecule has 4 heteroatoms. The first-order valence-corrected chi connectivity index (χ1v) is 9.20. The summed E-state index contributed by atoms with van der Waals surface area (Å²) in [5.74, 6) is 0.499. The van der Waals surface area contributed by atoms with Crippen LogP contribution in [0.3, 0.4) is 0 Å². The second kappa shape index (κ2) is 7.37. The van der Waals surface area contributed by atoms with Gasteiger partial charge in [-0.05, 0) is 49.8 Å². The van der Waals surface area contributed by atoms with Gasteiger partial charge in [-0.2, -0.15) is 0 Å². The Morgan fingerprint density at radius 3 is 2.71 bits per heavy atom. The van der Waals surface area contributed by atoms with Crippen molar-refractivity contribution in [2.24, 2.45) is 11.8 Å². The van der Waals surface area contributed by atoms with Gasteiger partial charge < -0.3 is 10.2 Å². The minimum Gasteiger partial charge on any atom is -0.356 e. The Labute approximate surface area is 144 Å². The Morgan fingerprint density at radius 1 is 1.21 bits per heavy atom. The summed E-state index contributed by atoms with van der Waals surface area (Å²) in [5, 5.41) is 3.10. The van der Waals surface area contributed by atoms with Gasteiger partial charge in [0.05, 0.1) is 5.92 Å². The molecule has 1 heterocycles. The molecule has 1 atom stereocenters. The van der Waals surface area contributed by atoms with Crippen LogP contribution in [0.5, 0.6) is 0 Å². The number of aryl methyl sites for hydroxylation is 1. The molecule has 1 saturated heterocycles. The molecular weight excluding hydrogens is 300 g/mol. The molecule has 4 nitrogen and oxygen atoms in total. The lowest BCUT2D eigenvalue weighted by atomic mass is 9.89. The summed E-state index contributed by atoms with van der Waals surface area (Å²) in [4.78, 5) is 26.7. The molecule has 2 aliphatic rings. The molecule has 0 spiro atoms. The second-order valence-electron chi connectivity index (χ2n) is 7.37. The fourth-order valence-electron chi connectivity index (χ4n) is 3.92. The second-order valence-corrected chi connectivity index (χ2v) is 7.37. The third-order valence-electron chi connectivity index (χ3n) is 5.65. The van der Waals surface area contributed by atoms with Gasteiger partial charge in [-0.3, -0.25) is 9.59 Å². The summed E-state index contributed by atoms with van der Waals surface area (Å²) in [6.45, 7) is 5.36. The molecule has 0 aromatic heterocycles. The number of hydrogen-bond donors (Lipinski definition) is 1. The number of rotatable bonds is 4. The van der Waals surface area contributed by atoms with Gasteiger partial charge in [0, 0.05) is 25.2 Å². The number of amides is 2. The standard InChI is InChI=1S/C20H28N2O2/c1-14-7-6-10-18(15(14)2)22-13-17(11-19(22)23)20(24)21-12-16-8-4-3-5-9-16/h6-7,10,16-17H,3-5,8-9,11-13H2,1-2H3,(H,21,24). The highest BCUT2D eigenvalue weighted by atomic mass is 16.2. The number of anilines is 1. The zero-order valence-electron chi connectivity index (χ0n) is 14.8. The number of nitrogens with zero attached hydrogens (tertiary/aromatic N) is 1. The zero-order valence-corrected chi connectivity index (χ0v) is 14.8. The molecule has 1 saturated carbocycles. The first kappa shape index (κ1) is 17.0. The van der Waals surface area contributed by atoms with E-state index in [9.17, 15) is 9.59 Å². The summed E-state index contributed by atoms with van der Waals surface area (Å²) in [5.41, 5.74) is 3.24. The number of benzene rings is 1. The molecule has 0 radical (unpaired) electrons. The monoisotopic (exact) mass is 328 g/mol. The van der Waals surface area contributed by atoms with Gasteiger partial charge in [0.2, 0.25) is 11.8 Å². The molecule has 1 aromatic carbocycles. The summed E-state index contributed by atoms with van der Waals surface area (Å²) in [7, 11) is 0. The average molecular weight is 328 g/mol. The zero-order chi connectivity index (χ0) is 17.1. The highest BCUT2D eigenvalue weighted by Gasteiger charge is 2.35. The Kier molecular flexibility index (Phi) is 5.22. The third-order valence-corrected chi connectivity index (χ3v) is 5.65. The lowest BCUT2D eigenvalue weighted by Crippen LogP contribution is -2.36. The minimum atomic E-state index is -0.221. The molecule has 1 aliphatic heterocycles. The Morgan fingerprint density at radius 2 is 1.96 bits per heavy atom. The van der Waals surface area contributed by atoms with Crippen molar-refractivity contribution < 1.29 is 9.59 Å². The molecule has 2 amide bonds. The Balaban J connectivity index is 1.59. The molecule has 3 rings (SSSR count). The fourth-order valence-corrected chi connectivity index (χ4v) is 3.92. The van der Waals surface area contributed by atoms with Crippen LogP contribution in [0, 0.1) is 25.7 Å². The van der Waals surface area contributed by atoms with Crippen LogP contribution >= 0.6 is 0 Å². The van der Waals surface area contributed by atoms with E-state index in [1.54, 1.807) is 4.90 Å². The van der Waals surface area contributed by atoms with E-state index in [1.807, 2.05) is 32.0 Å². The van der Waals surface area contributed by atoms with Crippen molar-refractivity contribution in [2.75, 3.05) is 18.0 Å². The maximum atomic E-state index is 12.5. The highest BCUT2D eigenvalue weighted by molar-refractivity contribution is 6.00. The number of carbonyl (C=O) groups excluding carboxylic acids is 2. The van der Waals surface area contributed by atoms with Crippen molar-refractivity contribution in [3.8, 4) is 0 Å². The predicted octanol–water partition coefficient (Wildman–Crippen LogP) is 3.35. The van der Waals surface area contributed by atoms with E-state index in [2.05, 4.69) is 5.32 Å². The lowest BCUT2D eigenvalue weighted by Gasteiger charge is -2.23. The SMILES string of the molecule is Cc1cccc(N2CC(C(=O)NCC3CCCCC3)CC2=O)c1C. The van der Waals surface area contributed by atoms with E-state index >= 15 is 0 Å². The van der Waals surface area contributed by atoms with Gasteiger partial charge in [0.25, 0.3) is 0 Å². The van der Waals surface area contributed by atoms with Crippen LogP contribution in [-0.2, 0) is 9.59 Å². The van der Waals surface area contributed by atoms with E-state index in [0.29, 0.717) is 18.9 Å². The maximum Gasteiger partial charge on any atom is 0.227 e. The normalized spacial score (nSPS) is 22.0. The third kappa shape index (κ3) is 3.63. The van der Waals surface area contributed by atoms with Crippen LogP contribution in [-0.4, -0.2) is 24.9 Å². The molecule has 24 heavy (non-hydrogen) atoms. The van der Waals surface area contributed by atoms with Gasteiger partial charge in [0.1, 0.15) is 0 Å². The van der Waals surface area contributed by atoms with E-state index in [1.165, 1.54) is 37.7 Å². The van der Waals surface area contributed by atoms with Crippen molar-refractivity contribution in [1.82, 2.24) is 5.32 Å². The Bertz CT molecular complexity index is 620. The molecule has 1 N–H and O–H groups in total. The van der Waals surface area contributed by atoms with Crippen LogP contribution in [0.15, 0.2) is 18.2 Å². The minimum absolute atomic E-state index is 0.0433. The molecule has 1 aromatic rings. The molecule has 1 unspecified atom stereocenters. The summed E-state index contributed by atoms with van der Waals surface area (Å²) >= 11 is 0. The quantitative estimate of drug-likeness (QED) is 0.921. The highest BCUT2D eigenvalue weighted by Crippen LogP contribution is 2.29. The van der Waals surface area contributed by atoms with E-state index in [4.69, 9.17) is 0 Å². The van der Waals surface area contributed by atoms with Gasteiger partial charge in [-0.25, -0.2) is 0 Å². The predicted molar refractivity (Wildman–Crippen MR) is 96.0 cm³/mol. The molecule has 1 aliphatic carbocycles. The summed E-state index contributed by atoms with van der Waals surface area (Å²) in [6, 6.07) is 6.00.